The number of hydrogen-bond donors (Lipinski definition) is 4. The number of hydrogen-bond acceptors (Lipinski definition) is 7. The number of unbranched alkanes of at least 4 members (excludes halogenated alkanes) is 1. The molecule has 37 heavy (non-hydrogen) atoms. The SMILES string of the molecule is COCCN(CCCCc1ccc2c(n1)NCCC2)CC[C@H](NC(=O)C(CO)c1ccccc1)C(=O)O. The monoisotopic (exact) mass is 512 g/mol. The van der Waals surface area contributed by atoms with Crippen LogP contribution in [0.15, 0.2) is 42.5 Å². The van der Waals surface area contributed by atoms with Crippen molar-refractivity contribution in [3.63, 3.8) is 0 Å². The van der Waals surface area contributed by atoms with Gasteiger partial charge in [-0.05, 0) is 62.3 Å². The highest BCUT2D eigenvalue weighted by atomic mass is 16.5. The predicted molar refractivity (Wildman–Crippen MR) is 143 cm³/mol. The number of nitrogens with one attached hydrogen (secondary N) is 2. The normalized spacial score (nSPS) is 14.5. The summed E-state index contributed by atoms with van der Waals surface area (Å²) in [5.74, 6) is -1.36. The lowest BCUT2D eigenvalue weighted by Crippen LogP contribution is -2.45. The molecule has 0 aliphatic carbocycles. The molecule has 0 fully saturated rings. The fourth-order valence-electron chi connectivity index (χ4n) is 4.57. The molecule has 1 aliphatic heterocycles. The molecular weight excluding hydrogens is 472 g/mol. The number of carbonyl (C=O) groups excluding carboxylic acids is 1. The number of carboxylic acid groups (broad SMARTS) is 1. The largest absolute Gasteiger partial charge is 0.480 e. The third kappa shape index (κ3) is 9.10. The zero-order valence-corrected chi connectivity index (χ0v) is 21.7. The van der Waals surface area contributed by atoms with Crippen molar-refractivity contribution in [3.8, 4) is 0 Å². The summed E-state index contributed by atoms with van der Waals surface area (Å²) in [7, 11) is 1.65. The fourth-order valence-corrected chi connectivity index (χ4v) is 4.57. The first-order chi connectivity index (χ1) is 18.0. The second kappa shape index (κ2) is 15.3. The van der Waals surface area contributed by atoms with Crippen molar-refractivity contribution in [2.45, 2.75) is 50.5 Å². The van der Waals surface area contributed by atoms with E-state index in [0.717, 1.165) is 56.7 Å². The lowest BCUT2D eigenvalue weighted by molar-refractivity contribution is -0.142. The van der Waals surface area contributed by atoms with Gasteiger partial charge in [-0.2, -0.15) is 0 Å². The lowest BCUT2D eigenvalue weighted by atomic mass is 9.98. The number of fused-ring (bicyclic) bond motifs is 1. The van der Waals surface area contributed by atoms with Crippen LogP contribution < -0.4 is 10.6 Å². The fraction of sp³-hybridized carbons (Fsp3) is 0.536. The molecule has 3 rings (SSSR count). The Hall–Kier alpha value is -3.01. The van der Waals surface area contributed by atoms with E-state index in [1.165, 1.54) is 5.56 Å². The Morgan fingerprint density at radius 1 is 1.14 bits per heavy atom. The number of methoxy groups -OCH3 is 1. The molecule has 0 radical (unpaired) electrons. The third-order valence-corrected chi connectivity index (χ3v) is 6.77. The van der Waals surface area contributed by atoms with Crippen LogP contribution in [0.25, 0.3) is 0 Å². The quantitative estimate of drug-likeness (QED) is 0.253. The van der Waals surface area contributed by atoms with Gasteiger partial charge in [-0.15, -0.1) is 0 Å². The molecule has 9 heteroatoms. The molecule has 2 atom stereocenters. The van der Waals surface area contributed by atoms with Gasteiger partial charge in [0.2, 0.25) is 5.91 Å². The first-order valence-corrected chi connectivity index (χ1v) is 13.1. The predicted octanol–water partition coefficient (Wildman–Crippen LogP) is 2.45. The van der Waals surface area contributed by atoms with Crippen LogP contribution in [0.3, 0.4) is 0 Å². The molecule has 0 spiro atoms. The number of rotatable bonds is 16. The number of pyridine rings is 1. The van der Waals surface area contributed by atoms with Crippen LogP contribution >= 0.6 is 0 Å². The molecule has 202 valence electrons. The molecule has 9 nitrogen and oxygen atoms in total. The van der Waals surface area contributed by atoms with E-state index >= 15 is 0 Å². The average molecular weight is 513 g/mol. The summed E-state index contributed by atoms with van der Waals surface area (Å²) in [4.78, 5) is 31.6. The molecule has 0 bridgehead atoms. The molecule has 1 amide bonds. The van der Waals surface area contributed by atoms with E-state index in [-0.39, 0.29) is 6.42 Å². The van der Waals surface area contributed by atoms with E-state index in [4.69, 9.17) is 9.72 Å². The molecule has 0 saturated carbocycles. The topological polar surface area (TPSA) is 124 Å². The maximum absolute atomic E-state index is 12.8. The Balaban J connectivity index is 1.49. The average Bonchev–Trinajstić information content (AvgIpc) is 2.92. The summed E-state index contributed by atoms with van der Waals surface area (Å²) < 4.78 is 5.24. The van der Waals surface area contributed by atoms with Crippen molar-refractivity contribution >= 4 is 17.7 Å². The summed E-state index contributed by atoms with van der Waals surface area (Å²) in [6.45, 7) is 3.12. The summed E-state index contributed by atoms with van der Waals surface area (Å²) in [6, 6.07) is 12.1. The summed E-state index contributed by atoms with van der Waals surface area (Å²) in [5, 5.41) is 25.5. The summed E-state index contributed by atoms with van der Waals surface area (Å²) in [6.07, 6.45) is 5.30. The molecular formula is C28H40N4O5. The summed E-state index contributed by atoms with van der Waals surface area (Å²) in [5.41, 5.74) is 3.02. The number of carboxylic acids is 1. The third-order valence-electron chi connectivity index (χ3n) is 6.77. The standard InChI is InChI=1S/C28H40N4O5/c1-37-19-18-32(16-6-5-11-23-13-12-22-10-7-15-29-26(22)30-23)17-14-25(28(35)36)31-27(34)24(20-33)21-8-3-2-4-9-21/h2-4,8-9,12-13,24-25,33H,5-7,10-11,14-20H2,1H3,(H,29,30)(H,31,34)(H,35,36)/t24?,25-/m0/s1. The smallest absolute Gasteiger partial charge is 0.326 e. The molecule has 2 heterocycles. The van der Waals surface area contributed by atoms with Crippen LogP contribution in [0.5, 0.6) is 0 Å². The van der Waals surface area contributed by atoms with E-state index in [9.17, 15) is 19.8 Å². The first kappa shape index (κ1) is 28.6. The molecule has 2 aromatic rings. The molecule has 1 unspecified atom stereocenters. The van der Waals surface area contributed by atoms with Crippen LogP contribution in [0, 0.1) is 0 Å². The highest BCUT2D eigenvalue weighted by molar-refractivity contribution is 5.88. The number of benzene rings is 1. The second-order valence-corrected chi connectivity index (χ2v) is 9.47. The maximum Gasteiger partial charge on any atom is 0.326 e. The number of aliphatic hydroxyl groups is 1. The van der Waals surface area contributed by atoms with Gasteiger partial charge in [0, 0.05) is 32.4 Å². The van der Waals surface area contributed by atoms with Crippen LogP contribution in [0.2, 0.25) is 0 Å². The number of carbonyl (C=O) groups is 2. The minimum Gasteiger partial charge on any atom is -0.480 e. The Labute approximate surface area is 219 Å². The van der Waals surface area contributed by atoms with Gasteiger partial charge >= 0.3 is 5.97 Å². The molecule has 0 saturated heterocycles. The van der Waals surface area contributed by atoms with Gasteiger partial charge in [0.25, 0.3) is 0 Å². The number of aliphatic carboxylic acids is 1. The number of aliphatic hydroxyl groups excluding tert-OH is 1. The molecule has 1 aromatic heterocycles. The van der Waals surface area contributed by atoms with Crippen LogP contribution in [0.1, 0.15) is 48.4 Å². The minimum atomic E-state index is -1.09. The molecule has 1 aromatic carbocycles. The van der Waals surface area contributed by atoms with Gasteiger partial charge < -0.3 is 30.5 Å². The Bertz CT molecular complexity index is 988. The Morgan fingerprint density at radius 2 is 1.95 bits per heavy atom. The number of aromatic nitrogens is 1. The number of anilines is 1. The van der Waals surface area contributed by atoms with Gasteiger partial charge in [0.15, 0.2) is 0 Å². The van der Waals surface area contributed by atoms with Crippen molar-refractivity contribution in [2.24, 2.45) is 0 Å². The zero-order valence-electron chi connectivity index (χ0n) is 21.7. The van der Waals surface area contributed by atoms with Crippen LogP contribution in [-0.4, -0.2) is 84.5 Å². The number of ether oxygens (including phenoxy) is 1. The van der Waals surface area contributed by atoms with Crippen molar-refractivity contribution < 1.29 is 24.5 Å². The van der Waals surface area contributed by atoms with Crippen molar-refractivity contribution in [3.05, 3.63) is 59.3 Å². The van der Waals surface area contributed by atoms with E-state index in [0.29, 0.717) is 25.3 Å². The lowest BCUT2D eigenvalue weighted by Gasteiger charge is -2.25. The highest BCUT2D eigenvalue weighted by Gasteiger charge is 2.26. The molecule has 4 N–H and O–H groups in total. The van der Waals surface area contributed by atoms with Gasteiger partial charge in [0.05, 0.1) is 19.1 Å². The van der Waals surface area contributed by atoms with E-state index in [1.807, 2.05) is 6.07 Å². The van der Waals surface area contributed by atoms with Crippen LogP contribution in [-0.2, 0) is 27.2 Å². The summed E-state index contributed by atoms with van der Waals surface area (Å²) >= 11 is 0. The van der Waals surface area contributed by atoms with E-state index in [2.05, 4.69) is 27.7 Å². The first-order valence-electron chi connectivity index (χ1n) is 13.1. The Morgan fingerprint density at radius 3 is 2.68 bits per heavy atom. The number of nitrogens with zero attached hydrogens (tertiary/aromatic N) is 2. The van der Waals surface area contributed by atoms with Gasteiger partial charge in [-0.1, -0.05) is 36.4 Å². The zero-order chi connectivity index (χ0) is 26.5. The van der Waals surface area contributed by atoms with E-state index in [1.54, 1.807) is 31.4 Å². The molecule has 1 aliphatic rings. The second-order valence-electron chi connectivity index (χ2n) is 9.47. The number of amides is 1. The van der Waals surface area contributed by atoms with Crippen LogP contribution in [0.4, 0.5) is 5.82 Å². The maximum atomic E-state index is 12.8. The number of aryl methyl sites for hydroxylation is 2. The van der Waals surface area contributed by atoms with Crippen molar-refractivity contribution in [1.82, 2.24) is 15.2 Å². The Kier molecular flexibility index (Phi) is 11.8. The van der Waals surface area contributed by atoms with Crippen molar-refractivity contribution in [1.29, 1.82) is 0 Å². The van der Waals surface area contributed by atoms with Gasteiger partial charge in [-0.3, -0.25) is 4.79 Å². The van der Waals surface area contributed by atoms with E-state index < -0.39 is 30.4 Å². The van der Waals surface area contributed by atoms with Gasteiger partial charge in [0.1, 0.15) is 11.9 Å². The highest BCUT2D eigenvalue weighted by Crippen LogP contribution is 2.20. The van der Waals surface area contributed by atoms with Crippen molar-refractivity contribution in [2.75, 3.05) is 51.8 Å². The minimum absolute atomic E-state index is 0.260. The van der Waals surface area contributed by atoms with Gasteiger partial charge in [-0.25, -0.2) is 9.78 Å².